The number of hydrogen-bond donors (Lipinski definition) is 1. The number of nitrogens with zero attached hydrogens (tertiary/aromatic N) is 2. The van der Waals surface area contributed by atoms with Gasteiger partial charge in [0.25, 0.3) is 0 Å². The standard InChI is InChI=1S/C15H14N2O4/c1-9(18)11-8-16-13(17-14(11)15(19)20)7-10-5-3-4-6-12(10)21-2/h3-6,8H,7H2,1-2H3,(H,19,20). The molecule has 0 aliphatic rings. The van der Waals surface area contributed by atoms with E-state index < -0.39 is 5.97 Å². The molecule has 2 rings (SSSR count). The van der Waals surface area contributed by atoms with Crippen LogP contribution in [0.4, 0.5) is 0 Å². The van der Waals surface area contributed by atoms with Crippen molar-refractivity contribution in [3.8, 4) is 5.75 Å². The predicted molar refractivity (Wildman–Crippen MR) is 74.8 cm³/mol. The van der Waals surface area contributed by atoms with Gasteiger partial charge in [-0.05, 0) is 13.0 Å². The van der Waals surface area contributed by atoms with Crippen LogP contribution in [-0.2, 0) is 6.42 Å². The van der Waals surface area contributed by atoms with E-state index in [0.717, 1.165) is 5.56 Å². The highest BCUT2D eigenvalue weighted by Gasteiger charge is 2.17. The summed E-state index contributed by atoms with van der Waals surface area (Å²) in [7, 11) is 1.56. The third-order valence-electron chi connectivity index (χ3n) is 2.96. The minimum absolute atomic E-state index is 0.00581. The number of ether oxygens (including phenoxy) is 1. The van der Waals surface area contributed by atoms with Gasteiger partial charge in [0.05, 0.1) is 12.7 Å². The van der Waals surface area contributed by atoms with Crippen molar-refractivity contribution in [1.29, 1.82) is 0 Å². The van der Waals surface area contributed by atoms with Crippen LogP contribution in [0.2, 0.25) is 0 Å². The van der Waals surface area contributed by atoms with Gasteiger partial charge in [-0.1, -0.05) is 18.2 Å². The smallest absolute Gasteiger partial charge is 0.355 e. The number of carbonyl (C=O) groups is 2. The molecule has 1 N–H and O–H groups in total. The normalized spacial score (nSPS) is 10.2. The molecule has 1 heterocycles. The van der Waals surface area contributed by atoms with Crippen LogP contribution in [0, 0.1) is 0 Å². The number of methoxy groups -OCH3 is 1. The summed E-state index contributed by atoms with van der Waals surface area (Å²) in [6.07, 6.45) is 1.58. The number of carboxylic acid groups (broad SMARTS) is 1. The van der Waals surface area contributed by atoms with Gasteiger partial charge in [-0.3, -0.25) is 4.79 Å². The fourth-order valence-electron chi connectivity index (χ4n) is 1.94. The molecule has 0 aliphatic heterocycles. The predicted octanol–water partition coefficient (Wildman–Crippen LogP) is 1.98. The van der Waals surface area contributed by atoms with Crippen LogP contribution in [0.15, 0.2) is 30.5 Å². The van der Waals surface area contributed by atoms with Crippen molar-refractivity contribution < 1.29 is 19.4 Å². The first-order valence-electron chi connectivity index (χ1n) is 6.25. The number of Topliss-reactive ketones (excluding diaryl/α,β-unsaturated/α-hetero) is 1. The third kappa shape index (κ3) is 3.22. The number of carbonyl (C=O) groups excluding carboxylic acids is 1. The molecule has 0 unspecified atom stereocenters. The largest absolute Gasteiger partial charge is 0.496 e. The van der Waals surface area contributed by atoms with Crippen molar-refractivity contribution in [2.24, 2.45) is 0 Å². The van der Waals surface area contributed by atoms with E-state index in [4.69, 9.17) is 9.84 Å². The molecule has 0 radical (unpaired) electrons. The number of ketones is 1. The Bertz CT molecular complexity index is 698. The highest BCUT2D eigenvalue weighted by Crippen LogP contribution is 2.20. The van der Waals surface area contributed by atoms with Crippen LogP contribution in [-0.4, -0.2) is 33.9 Å². The van der Waals surface area contributed by atoms with Gasteiger partial charge in [-0.15, -0.1) is 0 Å². The van der Waals surface area contributed by atoms with E-state index in [2.05, 4.69) is 9.97 Å². The van der Waals surface area contributed by atoms with Crippen LogP contribution < -0.4 is 4.74 Å². The van der Waals surface area contributed by atoms with Crippen molar-refractivity contribution in [2.45, 2.75) is 13.3 Å². The summed E-state index contributed by atoms with van der Waals surface area (Å²) < 4.78 is 5.23. The Morgan fingerprint density at radius 1 is 1.29 bits per heavy atom. The maximum atomic E-state index is 11.4. The first kappa shape index (κ1) is 14.6. The molecule has 1 aromatic carbocycles. The van der Waals surface area contributed by atoms with Crippen LogP contribution in [0.25, 0.3) is 0 Å². The Kier molecular flexibility index (Phi) is 4.27. The van der Waals surface area contributed by atoms with Gasteiger partial charge in [-0.2, -0.15) is 0 Å². The lowest BCUT2D eigenvalue weighted by Gasteiger charge is -2.08. The van der Waals surface area contributed by atoms with E-state index in [0.29, 0.717) is 18.0 Å². The fourth-order valence-corrected chi connectivity index (χ4v) is 1.94. The third-order valence-corrected chi connectivity index (χ3v) is 2.96. The Hall–Kier alpha value is -2.76. The van der Waals surface area contributed by atoms with E-state index >= 15 is 0 Å². The van der Waals surface area contributed by atoms with Gasteiger partial charge in [0.2, 0.25) is 0 Å². The Labute approximate surface area is 121 Å². The number of aromatic carboxylic acids is 1. The zero-order valence-corrected chi connectivity index (χ0v) is 11.7. The van der Waals surface area contributed by atoms with Crippen LogP contribution in [0.1, 0.15) is 39.2 Å². The Morgan fingerprint density at radius 2 is 2.00 bits per heavy atom. The minimum Gasteiger partial charge on any atom is -0.496 e. The van der Waals surface area contributed by atoms with Gasteiger partial charge in [0, 0.05) is 18.2 Å². The molecule has 0 saturated heterocycles. The topological polar surface area (TPSA) is 89.4 Å². The highest BCUT2D eigenvalue weighted by molar-refractivity contribution is 6.03. The first-order chi connectivity index (χ1) is 10.0. The van der Waals surface area contributed by atoms with Crippen molar-refractivity contribution in [1.82, 2.24) is 9.97 Å². The van der Waals surface area contributed by atoms with E-state index in [1.54, 1.807) is 13.2 Å². The molecule has 0 amide bonds. The molecule has 0 aliphatic carbocycles. The number of carboxylic acids is 1. The molecule has 1 aromatic heterocycles. The molecule has 0 spiro atoms. The van der Waals surface area contributed by atoms with Gasteiger partial charge >= 0.3 is 5.97 Å². The molecule has 108 valence electrons. The fraction of sp³-hybridized carbons (Fsp3) is 0.200. The monoisotopic (exact) mass is 286 g/mol. The van der Waals surface area contributed by atoms with Crippen molar-refractivity contribution in [2.75, 3.05) is 7.11 Å². The summed E-state index contributed by atoms with van der Waals surface area (Å²) in [5.74, 6) is -0.629. The maximum Gasteiger partial charge on any atom is 0.355 e. The molecule has 0 fully saturated rings. The van der Waals surface area contributed by atoms with E-state index in [1.807, 2.05) is 18.2 Å². The molecule has 6 heteroatoms. The van der Waals surface area contributed by atoms with Crippen molar-refractivity contribution in [3.63, 3.8) is 0 Å². The van der Waals surface area contributed by atoms with E-state index in [1.165, 1.54) is 13.1 Å². The average molecular weight is 286 g/mol. The minimum atomic E-state index is -1.25. The maximum absolute atomic E-state index is 11.4. The lowest BCUT2D eigenvalue weighted by atomic mass is 10.1. The second kappa shape index (κ2) is 6.13. The van der Waals surface area contributed by atoms with Crippen LogP contribution in [0.3, 0.4) is 0 Å². The summed E-state index contributed by atoms with van der Waals surface area (Å²) in [5.41, 5.74) is 0.570. The molecule has 21 heavy (non-hydrogen) atoms. The molecule has 2 aromatic rings. The summed E-state index contributed by atoms with van der Waals surface area (Å²) in [6.45, 7) is 1.28. The van der Waals surface area contributed by atoms with Gasteiger partial charge < -0.3 is 9.84 Å². The molecule has 0 bridgehead atoms. The zero-order chi connectivity index (χ0) is 15.4. The average Bonchev–Trinajstić information content (AvgIpc) is 2.47. The van der Waals surface area contributed by atoms with Crippen molar-refractivity contribution >= 4 is 11.8 Å². The Morgan fingerprint density at radius 3 is 2.62 bits per heavy atom. The van der Waals surface area contributed by atoms with Gasteiger partial charge in [0.1, 0.15) is 11.6 Å². The summed E-state index contributed by atoms with van der Waals surface area (Å²) in [6, 6.07) is 7.34. The SMILES string of the molecule is COc1ccccc1Cc1ncc(C(C)=O)c(C(=O)O)n1. The van der Waals surface area contributed by atoms with Crippen molar-refractivity contribution in [3.05, 3.63) is 53.1 Å². The van der Waals surface area contributed by atoms with Gasteiger partial charge in [0.15, 0.2) is 11.5 Å². The second-order valence-corrected chi connectivity index (χ2v) is 4.40. The molecule has 0 atom stereocenters. The Balaban J connectivity index is 2.39. The molecular formula is C15H14N2O4. The summed E-state index contributed by atoms with van der Waals surface area (Å²) >= 11 is 0. The van der Waals surface area contributed by atoms with Crippen LogP contribution >= 0.6 is 0 Å². The summed E-state index contributed by atoms with van der Waals surface area (Å²) in [5, 5.41) is 9.14. The number of benzene rings is 1. The van der Waals surface area contributed by atoms with E-state index in [-0.39, 0.29) is 17.0 Å². The van der Waals surface area contributed by atoms with Gasteiger partial charge in [-0.25, -0.2) is 14.8 Å². The molecular weight excluding hydrogens is 272 g/mol. The molecule has 6 nitrogen and oxygen atoms in total. The van der Waals surface area contributed by atoms with Crippen LogP contribution in [0.5, 0.6) is 5.75 Å². The lowest BCUT2D eigenvalue weighted by Crippen LogP contribution is -2.12. The van der Waals surface area contributed by atoms with E-state index in [9.17, 15) is 9.59 Å². The lowest BCUT2D eigenvalue weighted by molar-refractivity contribution is 0.0685. The second-order valence-electron chi connectivity index (χ2n) is 4.40. The first-order valence-corrected chi connectivity index (χ1v) is 6.25. The number of aromatic nitrogens is 2. The number of para-hydroxylation sites is 1. The number of rotatable bonds is 5. The zero-order valence-electron chi connectivity index (χ0n) is 11.7. The summed E-state index contributed by atoms with van der Waals surface area (Å²) in [4.78, 5) is 30.6. The quantitative estimate of drug-likeness (QED) is 0.845. The number of hydrogen-bond acceptors (Lipinski definition) is 5. The molecule has 0 saturated carbocycles. The highest BCUT2D eigenvalue weighted by atomic mass is 16.5.